The average molecular weight is 422 g/mol. The molecular weight excluding hydrogens is 396 g/mol. The Morgan fingerprint density at radius 2 is 1.74 bits per heavy atom. The van der Waals surface area contributed by atoms with Gasteiger partial charge in [0.15, 0.2) is 0 Å². The van der Waals surface area contributed by atoms with Gasteiger partial charge in [0.25, 0.3) is 0 Å². The molecule has 0 aliphatic rings. The minimum Gasteiger partial charge on any atom is -0.497 e. The number of aromatic nitrogens is 1. The SMILES string of the molecule is CCOC(=O)c1cc(-c2ccccc2)n(CC(=O)Nc2cc(OC)ccc2OC)c1C. The number of nitrogens with one attached hydrogen (secondary N) is 1. The van der Waals surface area contributed by atoms with Gasteiger partial charge in [-0.2, -0.15) is 0 Å². The van der Waals surface area contributed by atoms with Gasteiger partial charge in [-0.05, 0) is 37.6 Å². The Morgan fingerprint density at radius 1 is 1.00 bits per heavy atom. The lowest BCUT2D eigenvalue weighted by Crippen LogP contribution is -2.20. The predicted molar refractivity (Wildman–Crippen MR) is 119 cm³/mol. The van der Waals surface area contributed by atoms with Crippen molar-refractivity contribution in [3.05, 3.63) is 65.9 Å². The van der Waals surface area contributed by atoms with Crippen LogP contribution in [0.25, 0.3) is 11.3 Å². The van der Waals surface area contributed by atoms with E-state index in [1.165, 1.54) is 7.11 Å². The molecule has 7 nitrogen and oxygen atoms in total. The number of benzene rings is 2. The molecule has 3 aromatic rings. The fraction of sp³-hybridized carbons (Fsp3) is 0.250. The molecule has 7 heteroatoms. The van der Waals surface area contributed by atoms with E-state index >= 15 is 0 Å². The molecule has 1 N–H and O–H groups in total. The molecule has 0 atom stereocenters. The van der Waals surface area contributed by atoms with Crippen molar-refractivity contribution in [2.45, 2.75) is 20.4 Å². The van der Waals surface area contributed by atoms with Crippen LogP contribution < -0.4 is 14.8 Å². The van der Waals surface area contributed by atoms with Gasteiger partial charge in [-0.15, -0.1) is 0 Å². The highest BCUT2D eigenvalue weighted by molar-refractivity contribution is 5.95. The molecule has 1 heterocycles. The van der Waals surface area contributed by atoms with E-state index in [1.807, 2.05) is 34.9 Å². The fourth-order valence-electron chi connectivity index (χ4n) is 3.36. The number of ether oxygens (including phenoxy) is 3. The Labute approximate surface area is 181 Å². The number of amides is 1. The second kappa shape index (κ2) is 9.84. The van der Waals surface area contributed by atoms with Crippen molar-refractivity contribution in [1.29, 1.82) is 0 Å². The predicted octanol–water partition coefficient (Wildman–Crippen LogP) is 4.30. The maximum atomic E-state index is 12.9. The molecule has 2 aromatic carbocycles. The maximum absolute atomic E-state index is 12.9. The van der Waals surface area contributed by atoms with Gasteiger partial charge in [0, 0.05) is 17.5 Å². The third-order valence-corrected chi connectivity index (χ3v) is 4.91. The van der Waals surface area contributed by atoms with Gasteiger partial charge < -0.3 is 24.1 Å². The maximum Gasteiger partial charge on any atom is 0.339 e. The number of rotatable bonds is 8. The van der Waals surface area contributed by atoms with Crippen LogP contribution in [0.15, 0.2) is 54.6 Å². The van der Waals surface area contributed by atoms with Crippen LogP contribution in [-0.4, -0.2) is 37.3 Å². The first-order valence-corrected chi connectivity index (χ1v) is 9.93. The first-order chi connectivity index (χ1) is 15.0. The van der Waals surface area contributed by atoms with Crippen LogP contribution in [0, 0.1) is 6.92 Å². The minimum atomic E-state index is -0.411. The van der Waals surface area contributed by atoms with Crippen LogP contribution in [0.3, 0.4) is 0 Å². The summed E-state index contributed by atoms with van der Waals surface area (Å²) in [6, 6.07) is 16.5. The molecule has 0 fully saturated rings. The molecule has 0 spiro atoms. The summed E-state index contributed by atoms with van der Waals surface area (Å²) in [7, 11) is 3.09. The van der Waals surface area contributed by atoms with Crippen LogP contribution >= 0.6 is 0 Å². The Hall–Kier alpha value is -3.74. The highest BCUT2D eigenvalue weighted by Crippen LogP contribution is 2.30. The second-order valence-electron chi connectivity index (χ2n) is 6.82. The van der Waals surface area contributed by atoms with Crippen molar-refractivity contribution in [2.24, 2.45) is 0 Å². The van der Waals surface area contributed by atoms with Gasteiger partial charge in [0.05, 0.1) is 32.1 Å². The van der Waals surface area contributed by atoms with Gasteiger partial charge in [-0.25, -0.2) is 4.79 Å². The Balaban J connectivity index is 1.95. The van der Waals surface area contributed by atoms with E-state index in [-0.39, 0.29) is 19.1 Å². The number of esters is 1. The number of carbonyl (C=O) groups is 2. The van der Waals surface area contributed by atoms with E-state index in [4.69, 9.17) is 14.2 Å². The monoisotopic (exact) mass is 422 g/mol. The lowest BCUT2D eigenvalue weighted by Gasteiger charge is -2.15. The van der Waals surface area contributed by atoms with Gasteiger partial charge >= 0.3 is 5.97 Å². The van der Waals surface area contributed by atoms with Gasteiger partial charge in [-0.3, -0.25) is 4.79 Å². The first kappa shape index (κ1) is 22.0. The standard InChI is InChI=1S/C24H26N2O5/c1-5-31-24(28)19-14-21(17-9-7-6-8-10-17)26(16(19)2)15-23(27)25-20-13-18(29-3)11-12-22(20)30-4/h6-14H,5,15H2,1-4H3,(H,25,27). The van der Waals surface area contributed by atoms with Gasteiger partial charge in [-0.1, -0.05) is 30.3 Å². The van der Waals surface area contributed by atoms with E-state index in [0.717, 1.165) is 11.3 Å². The molecule has 1 aromatic heterocycles. The van der Waals surface area contributed by atoms with Crippen LogP contribution in [-0.2, 0) is 16.1 Å². The summed E-state index contributed by atoms with van der Waals surface area (Å²) in [4.78, 5) is 25.4. The third kappa shape index (κ3) is 4.88. The lowest BCUT2D eigenvalue weighted by atomic mass is 10.1. The molecule has 0 saturated heterocycles. The zero-order chi connectivity index (χ0) is 22.4. The second-order valence-corrected chi connectivity index (χ2v) is 6.82. The van der Waals surface area contributed by atoms with E-state index in [2.05, 4.69) is 5.32 Å². The molecule has 0 unspecified atom stereocenters. The van der Waals surface area contributed by atoms with Crippen LogP contribution in [0.1, 0.15) is 23.0 Å². The number of methoxy groups -OCH3 is 2. The van der Waals surface area contributed by atoms with Crippen molar-refractivity contribution in [2.75, 3.05) is 26.1 Å². The topological polar surface area (TPSA) is 78.8 Å². The van der Waals surface area contributed by atoms with E-state index in [9.17, 15) is 9.59 Å². The summed E-state index contributed by atoms with van der Waals surface area (Å²) in [5.41, 5.74) is 3.25. The van der Waals surface area contributed by atoms with Gasteiger partial charge in [0.2, 0.25) is 5.91 Å². The van der Waals surface area contributed by atoms with Crippen molar-refractivity contribution in [3.63, 3.8) is 0 Å². The Morgan fingerprint density at radius 3 is 2.39 bits per heavy atom. The van der Waals surface area contributed by atoms with Crippen molar-refractivity contribution in [3.8, 4) is 22.8 Å². The van der Waals surface area contributed by atoms with Crippen molar-refractivity contribution < 1.29 is 23.8 Å². The largest absolute Gasteiger partial charge is 0.497 e. The highest BCUT2D eigenvalue weighted by atomic mass is 16.5. The zero-order valence-electron chi connectivity index (χ0n) is 18.1. The molecule has 31 heavy (non-hydrogen) atoms. The van der Waals surface area contributed by atoms with Gasteiger partial charge in [0.1, 0.15) is 18.0 Å². The fourth-order valence-corrected chi connectivity index (χ4v) is 3.36. The van der Waals surface area contributed by atoms with Crippen LogP contribution in [0.5, 0.6) is 11.5 Å². The van der Waals surface area contributed by atoms with E-state index in [1.54, 1.807) is 45.2 Å². The molecule has 0 radical (unpaired) electrons. The quantitative estimate of drug-likeness (QED) is 0.548. The van der Waals surface area contributed by atoms with Crippen LogP contribution in [0.4, 0.5) is 5.69 Å². The summed E-state index contributed by atoms with van der Waals surface area (Å²) < 4.78 is 17.6. The summed E-state index contributed by atoms with van der Waals surface area (Å²) in [5.74, 6) is 0.445. The smallest absolute Gasteiger partial charge is 0.339 e. The van der Waals surface area contributed by atoms with E-state index < -0.39 is 5.97 Å². The normalized spacial score (nSPS) is 10.5. The summed E-state index contributed by atoms with van der Waals surface area (Å²) in [6.07, 6.45) is 0. The number of hydrogen-bond donors (Lipinski definition) is 1. The highest BCUT2D eigenvalue weighted by Gasteiger charge is 2.21. The zero-order valence-corrected chi connectivity index (χ0v) is 18.1. The minimum absolute atomic E-state index is 0.00975. The summed E-state index contributed by atoms with van der Waals surface area (Å²) in [5, 5.41) is 2.87. The van der Waals surface area contributed by atoms with Crippen molar-refractivity contribution >= 4 is 17.6 Å². The Bertz CT molecular complexity index is 1070. The molecule has 162 valence electrons. The molecule has 0 aliphatic carbocycles. The first-order valence-electron chi connectivity index (χ1n) is 9.93. The molecule has 3 rings (SSSR count). The lowest BCUT2D eigenvalue weighted by molar-refractivity contribution is -0.116. The summed E-state index contributed by atoms with van der Waals surface area (Å²) in [6.45, 7) is 3.85. The summed E-state index contributed by atoms with van der Waals surface area (Å²) >= 11 is 0. The molecular formula is C24H26N2O5. The third-order valence-electron chi connectivity index (χ3n) is 4.91. The number of carbonyl (C=O) groups excluding carboxylic acids is 2. The van der Waals surface area contributed by atoms with Crippen molar-refractivity contribution in [1.82, 2.24) is 4.57 Å². The molecule has 0 aliphatic heterocycles. The average Bonchev–Trinajstić information content (AvgIpc) is 3.10. The molecule has 0 saturated carbocycles. The molecule has 1 amide bonds. The number of anilines is 1. The number of nitrogens with zero attached hydrogens (tertiary/aromatic N) is 1. The molecule has 0 bridgehead atoms. The Kier molecular flexibility index (Phi) is 6.97. The van der Waals surface area contributed by atoms with E-state index in [0.29, 0.717) is 28.4 Å². The van der Waals surface area contributed by atoms with Crippen LogP contribution in [0.2, 0.25) is 0 Å². The number of hydrogen-bond acceptors (Lipinski definition) is 5.